The Balaban J connectivity index is 1.78. The van der Waals surface area contributed by atoms with Crippen LogP contribution in [0, 0.1) is 0 Å². The van der Waals surface area contributed by atoms with Gasteiger partial charge in [0.2, 0.25) is 5.91 Å². The number of amides is 1. The number of fused-ring (bicyclic) bond motifs is 1. The van der Waals surface area contributed by atoms with Gasteiger partial charge in [-0.3, -0.25) is 9.00 Å². The molecule has 0 fully saturated rings. The van der Waals surface area contributed by atoms with Crippen LogP contribution in [0.5, 0.6) is 0 Å². The molecule has 0 saturated carbocycles. The zero-order valence-corrected chi connectivity index (χ0v) is 13.3. The molecule has 0 saturated heterocycles. The number of H-pyrrole nitrogens is 1. The monoisotopic (exact) mass is 306 g/mol. The number of para-hydroxylation sites is 1. The Hall–Kier alpha value is -1.62. The van der Waals surface area contributed by atoms with Gasteiger partial charge in [0.15, 0.2) is 0 Å². The molecule has 0 radical (unpaired) electrons. The van der Waals surface area contributed by atoms with Gasteiger partial charge in [0, 0.05) is 52.4 Å². The molecule has 0 spiro atoms. The van der Waals surface area contributed by atoms with Gasteiger partial charge in [-0.25, -0.2) is 0 Å². The molecule has 21 heavy (non-hydrogen) atoms. The topological polar surface area (TPSA) is 62.0 Å². The average molecular weight is 306 g/mol. The van der Waals surface area contributed by atoms with Gasteiger partial charge in [-0.2, -0.15) is 0 Å². The molecule has 4 nitrogen and oxygen atoms in total. The predicted octanol–water partition coefficient (Wildman–Crippen LogP) is 2.37. The Morgan fingerprint density at radius 2 is 2.14 bits per heavy atom. The van der Waals surface area contributed by atoms with Gasteiger partial charge >= 0.3 is 0 Å². The second-order valence-corrected chi connectivity index (χ2v) is 7.11. The van der Waals surface area contributed by atoms with Crippen LogP contribution in [-0.2, 0) is 22.0 Å². The Kier molecular flexibility index (Phi) is 5.56. The van der Waals surface area contributed by atoms with Crippen LogP contribution < -0.4 is 5.32 Å². The van der Waals surface area contributed by atoms with Crippen molar-refractivity contribution >= 4 is 27.6 Å². The van der Waals surface area contributed by atoms with E-state index in [1.54, 1.807) is 6.26 Å². The first kappa shape index (κ1) is 15.8. The number of carbonyl (C=O) groups excluding carboxylic acids is 1. The molecule has 0 aliphatic rings. The third-order valence-electron chi connectivity index (χ3n) is 3.74. The molecule has 2 unspecified atom stereocenters. The largest absolute Gasteiger partial charge is 0.361 e. The Morgan fingerprint density at radius 1 is 1.38 bits per heavy atom. The number of nitrogens with one attached hydrogen (secondary N) is 2. The highest BCUT2D eigenvalue weighted by molar-refractivity contribution is 7.84. The number of rotatable bonds is 7. The highest BCUT2D eigenvalue weighted by Crippen LogP contribution is 2.18. The summed E-state index contributed by atoms with van der Waals surface area (Å²) in [5, 5.41) is 4.20. The zero-order valence-electron chi connectivity index (χ0n) is 12.5. The first-order valence-electron chi connectivity index (χ1n) is 7.22. The fourth-order valence-electron chi connectivity index (χ4n) is 2.26. The van der Waals surface area contributed by atoms with E-state index in [0.717, 1.165) is 18.4 Å². The van der Waals surface area contributed by atoms with Crippen LogP contribution >= 0.6 is 0 Å². The lowest BCUT2D eigenvalue weighted by Gasteiger charge is -2.09. The minimum absolute atomic E-state index is 0.0503. The maximum absolute atomic E-state index is 11.8. The summed E-state index contributed by atoms with van der Waals surface area (Å²) in [5.74, 6) is 0.0503. The summed E-state index contributed by atoms with van der Waals surface area (Å²) in [6.45, 7) is 2.53. The van der Waals surface area contributed by atoms with Crippen LogP contribution in [0.4, 0.5) is 0 Å². The molecule has 114 valence electrons. The fourth-order valence-corrected chi connectivity index (χ4v) is 2.71. The Bertz CT molecular complexity index is 636. The van der Waals surface area contributed by atoms with Crippen molar-refractivity contribution in [3.05, 3.63) is 36.0 Å². The summed E-state index contributed by atoms with van der Waals surface area (Å²) in [4.78, 5) is 15.0. The molecular formula is C16H22N2O2S. The number of aromatic amines is 1. The van der Waals surface area contributed by atoms with Gasteiger partial charge in [-0.05, 0) is 24.5 Å². The maximum atomic E-state index is 11.8. The minimum Gasteiger partial charge on any atom is -0.361 e. The SMILES string of the molecule is CC(CCNC(=O)CCc1c[nH]c2ccccc12)S(C)=O. The Morgan fingerprint density at radius 3 is 2.90 bits per heavy atom. The maximum Gasteiger partial charge on any atom is 0.220 e. The molecule has 2 rings (SSSR count). The van der Waals surface area contributed by atoms with Gasteiger partial charge in [-0.1, -0.05) is 25.1 Å². The molecular weight excluding hydrogens is 284 g/mol. The molecule has 1 heterocycles. The summed E-state index contributed by atoms with van der Waals surface area (Å²) in [6.07, 6.45) is 5.63. The highest BCUT2D eigenvalue weighted by Gasteiger charge is 2.08. The summed E-state index contributed by atoms with van der Waals surface area (Å²) in [6, 6.07) is 8.10. The smallest absolute Gasteiger partial charge is 0.220 e. The van der Waals surface area contributed by atoms with Gasteiger partial charge in [0.1, 0.15) is 0 Å². The van der Waals surface area contributed by atoms with E-state index in [1.165, 1.54) is 10.9 Å². The van der Waals surface area contributed by atoms with Gasteiger partial charge in [-0.15, -0.1) is 0 Å². The lowest BCUT2D eigenvalue weighted by molar-refractivity contribution is -0.121. The average Bonchev–Trinajstić information content (AvgIpc) is 2.88. The van der Waals surface area contributed by atoms with Crippen molar-refractivity contribution in [3.63, 3.8) is 0 Å². The molecule has 1 amide bonds. The molecule has 2 N–H and O–H groups in total. The van der Waals surface area contributed by atoms with E-state index in [2.05, 4.69) is 16.4 Å². The van der Waals surface area contributed by atoms with E-state index in [4.69, 9.17) is 0 Å². The van der Waals surface area contributed by atoms with Gasteiger partial charge in [0.25, 0.3) is 0 Å². The van der Waals surface area contributed by atoms with Crippen LogP contribution in [0.1, 0.15) is 25.3 Å². The summed E-state index contributed by atoms with van der Waals surface area (Å²) in [7, 11) is -0.824. The third-order valence-corrected chi connectivity index (χ3v) is 5.10. The number of aryl methyl sites for hydroxylation is 1. The molecule has 1 aromatic heterocycles. The molecule has 2 atom stereocenters. The predicted molar refractivity (Wildman–Crippen MR) is 87.8 cm³/mol. The molecule has 2 aromatic rings. The van der Waals surface area contributed by atoms with Crippen molar-refractivity contribution < 1.29 is 9.00 Å². The molecule has 0 aliphatic carbocycles. The second kappa shape index (κ2) is 7.41. The normalized spacial score (nSPS) is 14.0. The van der Waals surface area contributed by atoms with Crippen molar-refractivity contribution in [2.45, 2.75) is 31.4 Å². The standard InChI is InChI=1S/C16H22N2O2S/c1-12(21(2)20)9-10-17-16(19)8-7-13-11-18-15-6-4-3-5-14(13)15/h3-6,11-12,18H,7-10H2,1-2H3,(H,17,19). The summed E-state index contributed by atoms with van der Waals surface area (Å²) < 4.78 is 11.2. The number of hydrogen-bond acceptors (Lipinski definition) is 2. The lowest BCUT2D eigenvalue weighted by atomic mass is 10.1. The van der Waals surface area contributed by atoms with E-state index in [9.17, 15) is 9.00 Å². The van der Waals surface area contributed by atoms with Crippen molar-refractivity contribution in [2.24, 2.45) is 0 Å². The van der Waals surface area contributed by atoms with E-state index < -0.39 is 10.8 Å². The third kappa shape index (κ3) is 4.43. The van der Waals surface area contributed by atoms with Crippen LogP contribution in [0.3, 0.4) is 0 Å². The molecule has 5 heteroatoms. The Labute approximate surface area is 127 Å². The van der Waals surface area contributed by atoms with E-state index in [0.29, 0.717) is 13.0 Å². The van der Waals surface area contributed by atoms with Crippen molar-refractivity contribution in [1.82, 2.24) is 10.3 Å². The molecule has 1 aromatic carbocycles. The minimum atomic E-state index is -0.824. The first-order valence-corrected chi connectivity index (χ1v) is 8.84. The highest BCUT2D eigenvalue weighted by atomic mass is 32.2. The number of carbonyl (C=O) groups is 1. The fraction of sp³-hybridized carbons (Fsp3) is 0.438. The van der Waals surface area contributed by atoms with E-state index in [-0.39, 0.29) is 11.2 Å². The summed E-state index contributed by atoms with van der Waals surface area (Å²) >= 11 is 0. The van der Waals surface area contributed by atoms with Gasteiger partial charge < -0.3 is 10.3 Å². The van der Waals surface area contributed by atoms with Gasteiger partial charge in [0.05, 0.1) is 0 Å². The molecule has 0 bridgehead atoms. The summed E-state index contributed by atoms with van der Waals surface area (Å²) in [5.41, 5.74) is 2.27. The van der Waals surface area contributed by atoms with Crippen molar-refractivity contribution in [2.75, 3.05) is 12.8 Å². The number of benzene rings is 1. The number of aromatic nitrogens is 1. The van der Waals surface area contributed by atoms with Crippen LogP contribution in [0.2, 0.25) is 0 Å². The number of hydrogen-bond donors (Lipinski definition) is 2. The molecule has 0 aliphatic heterocycles. The second-order valence-electron chi connectivity index (χ2n) is 5.31. The van der Waals surface area contributed by atoms with E-state index >= 15 is 0 Å². The first-order chi connectivity index (χ1) is 10.1. The zero-order chi connectivity index (χ0) is 15.2. The van der Waals surface area contributed by atoms with Crippen LogP contribution in [0.15, 0.2) is 30.5 Å². The van der Waals surface area contributed by atoms with Crippen LogP contribution in [-0.4, -0.2) is 33.2 Å². The van der Waals surface area contributed by atoms with E-state index in [1.807, 2.05) is 31.3 Å². The van der Waals surface area contributed by atoms with Crippen molar-refractivity contribution in [3.8, 4) is 0 Å². The van der Waals surface area contributed by atoms with Crippen molar-refractivity contribution in [1.29, 1.82) is 0 Å². The lowest BCUT2D eigenvalue weighted by Crippen LogP contribution is -2.27. The quantitative estimate of drug-likeness (QED) is 0.825. The van der Waals surface area contributed by atoms with Crippen LogP contribution in [0.25, 0.3) is 10.9 Å².